The number of hydrogen-bond acceptors (Lipinski definition) is 3. The van der Waals surface area contributed by atoms with Crippen LogP contribution < -0.4 is 10.1 Å². The van der Waals surface area contributed by atoms with Gasteiger partial charge in [0.05, 0.1) is 13.2 Å². The summed E-state index contributed by atoms with van der Waals surface area (Å²) in [4.78, 5) is 11.5. The number of alkyl carbamates (subject to hydrolysis) is 1. The van der Waals surface area contributed by atoms with Crippen LogP contribution in [0.5, 0.6) is 5.75 Å². The van der Waals surface area contributed by atoms with Crippen LogP contribution in [-0.2, 0) is 4.74 Å². The van der Waals surface area contributed by atoms with Gasteiger partial charge in [0.15, 0.2) is 0 Å². The zero-order valence-corrected chi connectivity index (χ0v) is 10.3. The van der Waals surface area contributed by atoms with Crippen LogP contribution in [0.4, 0.5) is 4.79 Å². The van der Waals surface area contributed by atoms with Crippen LogP contribution in [0, 0.1) is 0 Å². The number of rotatable bonds is 2. The Kier molecular flexibility index (Phi) is 2.96. The van der Waals surface area contributed by atoms with Crippen LogP contribution in [0.15, 0.2) is 24.3 Å². The number of carbonyl (C=O) groups is 1. The van der Waals surface area contributed by atoms with E-state index in [4.69, 9.17) is 9.47 Å². The van der Waals surface area contributed by atoms with Crippen molar-refractivity contribution in [2.24, 2.45) is 0 Å². The van der Waals surface area contributed by atoms with Crippen molar-refractivity contribution in [1.29, 1.82) is 0 Å². The molecule has 1 aromatic carbocycles. The van der Waals surface area contributed by atoms with E-state index in [9.17, 15) is 4.79 Å². The van der Waals surface area contributed by atoms with Gasteiger partial charge in [-0.3, -0.25) is 0 Å². The third-order valence-corrected chi connectivity index (χ3v) is 2.85. The maximum atomic E-state index is 11.5. The smallest absolute Gasteiger partial charge is 0.408 e. The largest absolute Gasteiger partial charge is 0.497 e. The van der Waals surface area contributed by atoms with Gasteiger partial charge >= 0.3 is 6.09 Å². The number of methoxy groups -OCH3 is 1. The van der Waals surface area contributed by atoms with Gasteiger partial charge in [-0.05, 0) is 31.5 Å². The summed E-state index contributed by atoms with van der Waals surface area (Å²) in [6.07, 6.45) is 0.375. The highest BCUT2D eigenvalue weighted by Gasteiger charge is 2.34. The quantitative estimate of drug-likeness (QED) is 0.857. The van der Waals surface area contributed by atoms with Crippen molar-refractivity contribution in [3.8, 4) is 5.75 Å². The fraction of sp³-hybridized carbons (Fsp3) is 0.462. The Hall–Kier alpha value is -1.71. The highest BCUT2D eigenvalue weighted by atomic mass is 16.6. The lowest BCUT2D eigenvalue weighted by Crippen LogP contribution is -2.45. The van der Waals surface area contributed by atoms with E-state index in [1.165, 1.54) is 0 Å². The summed E-state index contributed by atoms with van der Waals surface area (Å²) in [5.41, 5.74) is 0.602. The third kappa shape index (κ3) is 2.70. The van der Waals surface area contributed by atoms with E-state index in [1.54, 1.807) is 7.11 Å². The Morgan fingerprint density at radius 2 is 2.24 bits per heavy atom. The molecule has 1 atom stereocenters. The maximum Gasteiger partial charge on any atom is 0.408 e. The van der Waals surface area contributed by atoms with Crippen molar-refractivity contribution in [2.75, 3.05) is 7.11 Å². The summed E-state index contributed by atoms with van der Waals surface area (Å²) in [7, 11) is 1.63. The number of nitrogens with one attached hydrogen (secondary N) is 1. The zero-order chi connectivity index (χ0) is 12.5. The van der Waals surface area contributed by atoms with Crippen molar-refractivity contribution in [1.82, 2.24) is 5.32 Å². The monoisotopic (exact) mass is 235 g/mol. The number of benzene rings is 1. The lowest BCUT2D eigenvalue weighted by molar-refractivity contribution is -0.000302. The van der Waals surface area contributed by atoms with E-state index in [1.807, 2.05) is 38.1 Å². The van der Waals surface area contributed by atoms with Crippen LogP contribution in [0.3, 0.4) is 0 Å². The van der Waals surface area contributed by atoms with Crippen LogP contribution in [-0.4, -0.2) is 18.8 Å². The summed E-state index contributed by atoms with van der Waals surface area (Å²) in [5.74, 6) is 0.793. The average Bonchev–Trinajstić information content (AvgIpc) is 2.26. The van der Waals surface area contributed by atoms with Crippen molar-refractivity contribution in [3.05, 3.63) is 29.8 Å². The molecule has 0 saturated carbocycles. The highest BCUT2D eigenvalue weighted by Crippen LogP contribution is 2.31. The second kappa shape index (κ2) is 4.28. The zero-order valence-electron chi connectivity index (χ0n) is 10.3. The highest BCUT2D eigenvalue weighted by molar-refractivity contribution is 5.69. The van der Waals surface area contributed by atoms with Gasteiger partial charge in [-0.1, -0.05) is 12.1 Å². The number of ether oxygens (including phenoxy) is 2. The molecule has 92 valence electrons. The van der Waals surface area contributed by atoms with Gasteiger partial charge in [0.25, 0.3) is 0 Å². The van der Waals surface area contributed by atoms with Crippen molar-refractivity contribution in [2.45, 2.75) is 31.9 Å². The molecule has 0 aromatic heterocycles. The second-order valence-corrected chi connectivity index (χ2v) is 4.83. The first-order valence-corrected chi connectivity index (χ1v) is 5.64. The summed E-state index contributed by atoms with van der Waals surface area (Å²) in [5, 5.41) is 2.82. The molecule has 17 heavy (non-hydrogen) atoms. The first-order chi connectivity index (χ1) is 8.00. The third-order valence-electron chi connectivity index (χ3n) is 2.85. The Bertz CT molecular complexity index is 428. The maximum absolute atomic E-state index is 11.5. The molecule has 0 bridgehead atoms. The molecule has 4 heteroatoms. The molecule has 1 aromatic rings. The predicted octanol–water partition coefficient (Wildman–Crippen LogP) is 2.64. The normalized spacial score (nSPS) is 22.5. The molecule has 4 nitrogen and oxygen atoms in total. The van der Waals surface area contributed by atoms with E-state index in [-0.39, 0.29) is 12.1 Å². The minimum Gasteiger partial charge on any atom is -0.497 e. The molecule has 1 saturated heterocycles. The molecule has 1 heterocycles. The van der Waals surface area contributed by atoms with Gasteiger partial charge in [0, 0.05) is 6.42 Å². The minimum atomic E-state index is -0.434. The Morgan fingerprint density at radius 1 is 1.47 bits per heavy atom. The molecule has 1 amide bonds. The van der Waals surface area contributed by atoms with Gasteiger partial charge < -0.3 is 14.8 Å². The van der Waals surface area contributed by atoms with E-state index >= 15 is 0 Å². The lowest BCUT2D eigenvalue weighted by Gasteiger charge is -2.35. The van der Waals surface area contributed by atoms with Gasteiger partial charge in [-0.25, -0.2) is 4.79 Å². The van der Waals surface area contributed by atoms with Crippen LogP contribution in [0.2, 0.25) is 0 Å². The fourth-order valence-corrected chi connectivity index (χ4v) is 2.07. The number of hydrogen-bond donors (Lipinski definition) is 1. The van der Waals surface area contributed by atoms with Crippen molar-refractivity contribution < 1.29 is 14.3 Å². The van der Waals surface area contributed by atoms with E-state index < -0.39 is 5.60 Å². The first-order valence-electron chi connectivity index (χ1n) is 5.64. The van der Waals surface area contributed by atoms with Gasteiger partial charge in [0.2, 0.25) is 0 Å². The number of amides is 1. The number of cyclic esters (lactones) is 1. The van der Waals surface area contributed by atoms with Crippen molar-refractivity contribution >= 4 is 6.09 Å². The van der Waals surface area contributed by atoms with E-state index in [0.717, 1.165) is 17.7 Å². The van der Waals surface area contributed by atoms with Crippen LogP contribution in [0.1, 0.15) is 31.9 Å². The standard InChI is InChI=1S/C13H17NO3/c1-13(2)8-11(14-12(15)17-13)9-5-4-6-10(7-9)16-3/h4-7,11H,8H2,1-3H3,(H,14,15). The SMILES string of the molecule is COc1cccc(C2CC(C)(C)OC(=O)N2)c1. The summed E-state index contributed by atoms with van der Waals surface area (Å²) in [6, 6.07) is 7.70. The summed E-state index contributed by atoms with van der Waals surface area (Å²) in [6.45, 7) is 3.83. The molecule has 1 aliphatic heterocycles. The molecule has 1 unspecified atom stereocenters. The molecular weight excluding hydrogens is 218 g/mol. The Balaban J connectivity index is 2.23. The Labute approximate surface area is 101 Å². The molecule has 1 fully saturated rings. The van der Waals surface area contributed by atoms with Crippen LogP contribution in [0.25, 0.3) is 0 Å². The first kappa shape index (κ1) is 11.8. The van der Waals surface area contributed by atoms with E-state index in [2.05, 4.69) is 5.32 Å². The molecule has 1 N–H and O–H groups in total. The molecule has 0 aliphatic carbocycles. The molecule has 1 aliphatic rings. The molecule has 0 spiro atoms. The Morgan fingerprint density at radius 3 is 2.88 bits per heavy atom. The van der Waals surface area contributed by atoms with Crippen molar-refractivity contribution in [3.63, 3.8) is 0 Å². The molecule has 2 rings (SSSR count). The van der Waals surface area contributed by atoms with Gasteiger partial charge in [0.1, 0.15) is 11.4 Å². The minimum absolute atomic E-state index is 0.0265. The number of carbonyl (C=O) groups excluding carboxylic acids is 1. The second-order valence-electron chi connectivity index (χ2n) is 4.83. The lowest BCUT2D eigenvalue weighted by atomic mass is 9.92. The predicted molar refractivity (Wildman–Crippen MR) is 64.0 cm³/mol. The average molecular weight is 235 g/mol. The van der Waals surface area contributed by atoms with Gasteiger partial charge in [-0.15, -0.1) is 0 Å². The summed E-state index contributed by atoms with van der Waals surface area (Å²) < 4.78 is 10.4. The topological polar surface area (TPSA) is 47.6 Å². The van der Waals surface area contributed by atoms with Gasteiger partial charge in [-0.2, -0.15) is 0 Å². The molecule has 0 radical (unpaired) electrons. The fourth-order valence-electron chi connectivity index (χ4n) is 2.07. The molecular formula is C13H17NO3. The van der Waals surface area contributed by atoms with E-state index in [0.29, 0.717) is 0 Å². The summed E-state index contributed by atoms with van der Waals surface area (Å²) >= 11 is 0. The van der Waals surface area contributed by atoms with Crippen LogP contribution >= 0.6 is 0 Å².